The van der Waals surface area contributed by atoms with Crippen LogP contribution < -0.4 is 10.5 Å². The molecule has 1 aliphatic heterocycles. The molecule has 1 aliphatic rings. The lowest BCUT2D eigenvalue weighted by atomic mass is 9.89. The molecule has 0 saturated heterocycles. The van der Waals surface area contributed by atoms with Crippen LogP contribution in [0.3, 0.4) is 0 Å². The van der Waals surface area contributed by atoms with Gasteiger partial charge in [-0.15, -0.1) is 0 Å². The van der Waals surface area contributed by atoms with Crippen LogP contribution in [0.5, 0.6) is 5.75 Å². The summed E-state index contributed by atoms with van der Waals surface area (Å²) in [4.78, 5) is 10.9. The Morgan fingerprint density at radius 3 is 3.00 bits per heavy atom. The van der Waals surface area contributed by atoms with Crippen LogP contribution in [0.2, 0.25) is 0 Å². The second-order valence-corrected chi connectivity index (χ2v) is 4.08. The van der Waals surface area contributed by atoms with Crippen molar-refractivity contribution in [3.63, 3.8) is 0 Å². The molecule has 0 spiro atoms. The van der Waals surface area contributed by atoms with Gasteiger partial charge in [0.1, 0.15) is 11.8 Å². The van der Waals surface area contributed by atoms with Gasteiger partial charge in [-0.2, -0.15) is 0 Å². The van der Waals surface area contributed by atoms with Gasteiger partial charge in [0, 0.05) is 17.9 Å². The van der Waals surface area contributed by atoms with Crippen LogP contribution >= 0.6 is 0 Å². The molecule has 0 aliphatic carbocycles. The first-order valence-corrected chi connectivity index (χ1v) is 5.34. The molecule has 1 heterocycles. The third-order valence-corrected chi connectivity index (χ3v) is 3.09. The van der Waals surface area contributed by atoms with E-state index in [1.807, 2.05) is 25.1 Å². The first-order valence-electron chi connectivity index (χ1n) is 5.34. The lowest BCUT2D eigenvalue weighted by Crippen LogP contribution is -2.35. The van der Waals surface area contributed by atoms with E-state index >= 15 is 0 Å². The Balaban J connectivity index is 2.34. The summed E-state index contributed by atoms with van der Waals surface area (Å²) >= 11 is 0. The molecule has 2 rings (SSSR count). The van der Waals surface area contributed by atoms with Crippen LogP contribution in [0.1, 0.15) is 24.0 Å². The summed E-state index contributed by atoms with van der Waals surface area (Å²) in [6.07, 6.45) is 0.836. The van der Waals surface area contributed by atoms with Crippen molar-refractivity contribution >= 4 is 5.97 Å². The van der Waals surface area contributed by atoms with Crippen molar-refractivity contribution < 1.29 is 14.6 Å². The molecule has 0 aromatic heterocycles. The quantitative estimate of drug-likeness (QED) is 0.802. The largest absolute Gasteiger partial charge is 0.493 e. The first-order chi connectivity index (χ1) is 7.61. The van der Waals surface area contributed by atoms with Crippen molar-refractivity contribution in [2.45, 2.75) is 25.3 Å². The van der Waals surface area contributed by atoms with Crippen LogP contribution in [0, 0.1) is 0 Å². The Morgan fingerprint density at radius 2 is 2.31 bits per heavy atom. The van der Waals surface area contributed by atoms with E-state index in [2.05, 4.69) is 0 Å². The second-order valence-electron chi connectivity index (χ2n) is 4.08. The topological polar surface area (TPSA) is 72.5 Å². The molecule has 2 unspecified atom stereocenters. The number of rotatable bonds is 3. The number of benzene rings is 1. The van der Waals surface area contributed by atoms with Crippen molar-refractivity contribution in [1.29, 1.82) is 0 Å². The maximum absolute atomic E-state index is 10.9. The fourth-order valence-corrected chi connectivity index (χ4v) is 2.08. The van der Waals surface area contributed by atoms with E-state index in [1.165, 1.54) is 0 Å². The molecule has 0 amide bonds. The molecule has 0 fully saturated rings. The molecular formula is C12H15NO3. The minimum absolute atomic E-state index is 0.200. The van der Waals surface area contributed by atoms with Gasteiger partial charge in [0.25, 0.3) is 0 Å². The number of carbonyl (C=O) groups is 1. The number of carboxylic acids is 1. The maximum atomic E-state index is 10.9. The summed E-state index contributed by atoms with van der Waals surface area (Å²) in [5.74, 6) is -0.305. The molecule has 0 radical (unpaired) electrons. The van der Waals surface area contributed by atoms with Gasteiger partial charge in [-0.3, -0.25) is 4.79 Å². The number of hydrogen-bond acceptors (Lipinski definition) is 3. The van der Waals surface area contributed by atoms with Crippen molar-refractivity contribution in [3.8, 4) is 5.75 Å². The highest BCUT2D eigenvalue weighted by molar-refractivity contribution is 5.74. The standard InChI is InChI=1S/C12H15NO3/c1-7(11(13)12(14)15)8-3-2-4-10-9(8)5-6-16-10/h2-4,7,11H,5-6,13H2,1H3,(H,14,15). The van der Waals surface area contributed by atoms with E-state index in [9.17, 15) is 4.79 Å². The third kappa shape index (κ3) is 1.76. The predicted octanol–water partition coefficient (Wildman–Crippen LogP) is 1.14. The number of aliphatic carboxylic acids is 1. The highest BCUT2D eigenvalue weighted by atomic mass is 16.5. The van der Waals surface area contributed by atoms with Gasteiger partial charge in [0.05, 0.1) is 6.61 Å². The Bertz CT molecular complexity index is 417. The summed E-state index contributed by atoms with van der Waals surface area (Å²) in [5, 5.41) is 8.91. The molecule has 4 heteroatoms. The maximum Gasteiger partial charge on any atom is 0.321 e. The van der Waals surface area contributed by atoms with Gasteiger partial charge in [0.15, 0.2) is 0 Å². The summed E-state index contributed by atoms with van der Waals surface area (Å²) in [6, 6.07) is 4.85. The highest BCUT2D eigenvalue weighted by Crippen LogP contribution is 2.33. The number of fused-ring (bicyclic) bond motifs is 1. The van der Waals surface area contributed by atoms with E-state index in [-0.39, 0.29) is 5.92 Å². The van der Waals surface area contributed by atoms with Crippen molar-refractivity contribution in [2.75, 3.05) is 6.61 Å². The molecule has 2 atom stereocenters. The fraction of sp³-hybridized carbons (Fsp3) is 0.417. The van der Waals surface area contributed by atoms with E-state index < -0.39 is 12.0 Å². The lowest BCUT2D eigenvalue weighted by Gasteiger charge is -2.18. The van der Waals surface area contributed by atoms with Gasteiger partial charge in [-0.1, -0.05) is 19.1 Å². The van der Waals surface area contributed by atoms with E-state index in [4.69, 9.17) is 15.6 Å². The van der Waals surface area contributed by atoms with Crippen LogP contribution in [0.4, 0.5) is 0 Å². The lowest BCUT2D eigenvalue weighted by molar-refractivity contribution is -0.139. The summed E-state index contributed by atoms with van der Waals surface area (Å²) in [7, 11) is 0. The van der Waals surface area contributed by atoms with E-state index in [0.717, 1.165) is 23.3 Å². The number of ether oxygens (including phenoxy) is 1. The molecule has 0 saturated carbocycles. The van der Waals surface area contributed by atoms with Crippen LogP contribution in [0.25, 0.3) is 0 Å². The Kier molecular flexibility index (Phi) is 2.83. The number of hydrogen-bond donors (Lipinski definition) is 2. The molecule has 1 aromatic carbocycles. The third-order valence-electron chi connectivity index (χ3n) is 3.09. The SMILES string of the molecule is CC(c1cccc2c1CCO2)C(N)C(=O)O. The van der Waals surface area contributed by atoms with E-state index in [0.29, 0.717) is 6.61 Å². The fourth-order valence-electron chi connectivity index (χ4n) is 2.08. The van der Waals surface area contributed by atoms with Crippen molar-refractivity contribution in [1.82, 2.24) is 0 Å². The zero-order chi connectivity index (χ0) is 11.7. The van der Waals surface area contributed by atoms with Crippen molar-refractivity contribution in [3.05, 3.63) is 29.3 Å². The number of carboxylic acid groups (broad SMARTS) is 1. The van der Waals surface area contributed by atoms with Gasteiger partial charge in [-0.05, 0) is 11.6 Å². The number of nitrogens with two attached hydrogens (primary N) is 1. The monoisotopic (exact) mass is 221 g/mol. The van der Waals surface area contributed by atoms with Gasteiger partial charge < -0.3 is 15.6 Å². The second kappa shape index (κ2) is 4.14. The Morgan fingerprint density at radius 1 is 1.56 bits per heavy atom. The molecular weight excluding hydrogens is 206 g/mol. The smallest absolute Gasteiger partial charge is 0.321 e. The Labute approximate surface area is 94.0 Å². The van der Waals surface area contributed by atoms with Crippen molar-refractivity contribution in [2.24, 2.45) is 5.73 Å². The molecule has 4 nitrogen and oxygen atoms in total. The summed E-state index contributed by atoms with van der Waals surface area (Å²) in [5.41, 5.74) is 7.74. The summed E-state index contributed by atoms with van der Waals surface area (Å²) in [6.45, 7) is 2.51. The highest BCUT2D eigenvalue weighted by Gasteiger charge is 2.26. The normalized spacial score (nSPS) is 17.4. The average molecular weight is 221 g/mol. The first kappa shape index (κ1) is 11.0. The van der Waals surface area contributed by atoms with Crippen LogP contribution in [0.15, 0.2) is 18.2 Å². The van der Waals surface area contributed by atoms with Gasteiger partial charge >= 0.3 is 5.97 Å². The molecule has 1 aromatic rings. The molecule has 16 heavy (non-hydrogen) atoms. The van der Waals surface area contributed by atoms with Gasteiger partial charge in [0.2, 0.25) is 0 Å². The molecule has 0 bridgehead atoms. The predicted molar refractivity (Wildman–Crippen MR) is 59.7 cm³/mol. The molecule has 3 N–H and O–H groups in total. The zero-order valence-electron chi connectivity index (χ0n) is 9.14. The minimum atomic E-state index is -0.969. The molecule has 86 valence electrons. The summed E-state index contributed by atoms with van der Waals surface area (Å²) < 4.78 is 5.44. The average Bonchev–Trinajstić information content (AvgIpc) is 2.74. The van der Waals surface area contributed by atoms with Crippen LogP contribution in [-0.4, -0.2) is 23.7 Å². The minimum Gasteiger partial charge on any atom is -0.493 e. The zero-order valence-corrected chi connectivity index (χ0v) is 9.14. The Hall–Kier alpha value is -1.55. The van der Waals surface area contributed by atoms with Crippen LogP contribution in [-0.2, 0) is 11.2 Å². The van der Waals surface area contributed by atoms with Gasteiger partial charge in [-0.25, -0.2) is 0 Å². The van der Waals surface area contributed by atoms with E-state index in [1.54, 1.807) is 0 Å².